The van der Waals surface area contributed by atoms with Gasteiger partial charge in [-0.25, -0.2) is 0 Å². The average molecular weight is 481 g/mol. The molecule has 0 unspecified atom stereocenters. The molecule has 22 heavy (non-hydrogen) atoms. The number of piperidine rings is 1. The third-order valence-electron chi connectivity index (χ3n) is 3.77. The Labute approximate surface area is 159 Å². The van der Waals surface area contributed by atoms with Crippen molar-refractivity contribution in [1.82, 2.24) is 15.5 Å². The molecule has 0 amide bonds. The van der Waals surface area contributed by atoms with Gasteiger partial charge >= 0.3 is 0 Å². The fourth-order valence-electron chi connectivity index (χ4n) is 2.52. The van der Waals surface area contributed by atoms with Gasteiger partial charge in [0, 0.05) is 31.2 Å². The van der Waals surface area contributed by atoms with E-state index >= 15 is 0 Å². The van der Waals surface area contributed by atoms with Gasteiger partial charge in [0.05, 0.1) is 0 Å². The van der Waals surface area contributed by atoms with Gasteiger partial charge in [-0.2, -0.15) is 0 Å². The van der Waals surface area contributed by atoms with E-state index in [-0.39, 0.29) is 24.0 Å². The number of likely N-dealkylation sites (tertiary alicyclic amines) is 1. The maximum absolute atomic E-state index is 4.27. The van der Waals surface area contributed by atoms with Crippen molar-refractivity contribution in [3.8, 4) is 0 Å². The highest BCUT2D eigenvalue weighted by Crippen LogP contribution is 2.10. The maximum Gasteiger partial charge on any atom is 0.191 e. The Morgan fingerprint density at radius 3 is 2.45 bits per heavy atom. The van der Waals surface area contributed by atoms with Crippen molar-refractivity contribution in [2.75, 3.05) is 33.2 Å². The molecule has 0 aliphatic carbocycles. The smallest absolute Gasteiger partial charge is 0.191 e. The summed E-state index contributed by atoms with van der Waals surface area (Å²) in [5.74, 6) is 0.870. The first kappa shape index (κ1) is 19.7. The Morgan fingerprint density at radius 2 is 1.82 bits per heavy atom. The van der Waals surface area contributed by atoms with E-state index < -0.39 is 0 Å². The number of benzene rings is 1. The quantitative estimate of drug-likeness (QED) is 0.386. The molecule has 1 aliphatic rings. The number of aliphatic imine (C=N–C) groups is 1. The molecule has 1 aliphatic heterocycles. The lowest BCUT2D eigenvalue weighted by Crippen LogP contribution is -2.42. The fourth-order valence-corrected chi connectivity index (χ4v) is 2.79. The first-order valence-corrected chi connectivity index (χ1v) is 8.48. The van der Waals surface area contributed by atoms with Crippen LogP contribution in [0.5, 0.6) is 0 Å². The topological polar surface area (TPSA) is 39.7 Å². The highest BCUT2D eigenvalue weighted by atomic mass is 127. The highest BCUT2D eigenvalue weighted by Gasteiger charge is 2.09. The summed E-state index contributed by atoms with van der Waals surface area (Å²) >= 11 is 3.45. The van der Waals surface area contributed by atoms with Crippen molar-refractivity contribution in [3.05, 3.63) is 34.3 Å². The summed E-state index contributed by atoms with van der Waals surface area (Å²) in [7, 11) is 1.82. The molecule has 2 rings (SSSR count). The molecular formula is C16H26BrIN4. The number of nitrogens with one attached hydrogen (secondary N) is 2. The van der Waals surface area contributed by atoms with Crippen LogP contribution >= 0.6 is 39.9 Å². The Balaban J connectivity index is 0.00000242. The van der Waals surface area contributed by atoms with E-state index in [0.29, 0.717) is 0 Å². The van der Waals surface area contributed by atoms with Crippen LogP contribution in [0.3, 0.4) is 0 Å². The van der Waals surface area contributed by atoms with Crippen LogP contribution in [0.2, 0.25) is 0 Å². The first-order chi connectivity index (χ1) is 10.3. The van der Waals surface area contributed by atoms with Crippen LogP contribution in [0.25, 0.3) is 0 Å². The lowest BCUT2D eigenvalue weighted by atomic mass is 10.1. The third kappa shape index (κ3) is 7.28. The largest absolute Gasteiger partial charge is 0.355 e. The molecule has 4 nitrogen and oxygen atoms in total. The third-order valence-corrected chi connectivity index (χ3v) is 4.29. The molecule has 0 atom stereocenters. The van der Waals surface area contributed by atoms with Crippen LogP contribution in [-0.2, 0) is 6.54 Å². The van der Waals surface area contributed by atoms with E-state index in [1.807, 2.05) is 7.05 Å². The van der Waals surface area contributed by atoms with Gasteiger partial charge in [0.25, 0.3) is 0 Å². The number of halogens is 2. The van der Waals surface area contributed by atoms with Crippen molar-refractivity contribution in [1.29, 1.82) is 0 Å². The molecule has 1 aromatic rings. The Hall–Kier alpha value is -0.340. The van der Waals surface area contributed by atoms with Gasteiger partial charge in [-0.3, -0.25) is 4.99 Å². The van der Waals surface area contributed by atoms with Gasteiger partial charge in [-0.15, -0.1) is 24.0 Å². The summed E-state index contributed by atoms with van der Waals surface area (Å²) < 4.78 is 1.11. The molecule has 1 saturated heterocycles. The molecular weight excluding hydrogens is 455 g/mol. The van der Waals surface area contributed by atoms with E-state index in [9.17, 15) is 0 Å². The van der Waals surface area contributed by atoms with Crippen molar-refractivity contribution < 1.29 is 0 Å². The molecule has 2 N–H and O–H groups in total. The van der Waals surface area contributed by atoms with Crippen LogP contribution in [0, 0.1) is 0 Å². The lowest BCUT2D eigenvalue weighted by Gasteiger charge is -2.26. The number of guanidine groups is 1. The number of rotatable bonds is 5. The molecule has 1 heterocycles. The predicted octanol–water partition coefficient (Wildman–Crippen LogP) is 3.22. The molecule has 0 aromatic heterocycles. The standard InChI is InChI=1S/C16H25BrN4.HI/c1-18-16(19-9-12-21-10-3-2-4-11-21)20-13-14-5-7-15(17)8-6-14;/h5-8H,2-4,9-13H2,1H3,(H2,18,19,20);1H. The second kappa shape index (κ2) is 11.2. The van der Waals surface area contributed by atoms with Crippen molar-refractivity contribution in [3.63, 3.8) is 0 Å². The summed E-state index contributed by atoms with van der Waals surface area (Å²) in [6.45, 7) is 5.31. The van der Waals surface area contributed by atoms with E-state index in [1.54, 1.807) is 0 Å². The number of hydrogen-bond acceptors (Lipinski definition) is 2. The maximum atomic E-state index is 4.27. The Kier molecular flexibility index (Phi) is 10.1. The van der Waals surface area contributed by atoms with Gasteiger partial charge in [0.15, 0.2) is 5.96 Å². The van der Waals surface area contributed by atoms with Crippen LogP contribution in [-0.4, -0.2) is 44.1 Å². The predicted molar refractivity (Wildman–Crippen MR) is 108 cm³/mol. The minimum Gasteiger partial charge on any atom is -0.355 e. The Bertz CT molecular complexity index is 444. The van der Waals surface area contributed by atoms with E-state index in [1.165, 1.54) is 37.9 Å². The lowest BCUT2D eigenvalue weighted by molar-refractivity contribution is 0.232. The van der Waals surface area contributed by atoms with Crippen molar-refractivity contribution >= 4 is 45.9 Å². The molecule has 1 aromatic carbocycles. The van der Waals surface area contributed by atoms with Gasteiger partial charge in [0.1, 0.15) is 0 Å². The van der Waals surface area contributed by atoms with Gasteiger partial charge < -0.3 is 15.5 Å². The summed E-state index contributed by atoms with van der Waals surface area (Å²) in [6.07, 6.45) is 4.08. The summed E-state index contributed by atoms with van der Waals surface area (Å²) in [5.41, 5.74) is 1.25. The zero-order valence-corrected chi connectivity index (χ0v) is 17.1. The number of hydrogen-bond donors (Lipinski definition) is 2. The fraction of sp³-hybridized carbons (Fsp3) is 0.562. The summed E-state index contributed by atoms with van der Waals surface area (Å²) in [6, 6.07) is 8.34. The summed E-state index contributed by atoms with van der Waals surface area (Å²) in [5, 5.41) is 6.73. The van der Waals surface area contributed by atoms with Crippen LogP contribution < -0.4 is 10.6 Å². The first-order valence-electron chi connectivity index (χ1n) is 7.69. The van der Waals surface area contributed by atoms with E-state index in [2.05, 4.69) is 60.7 Å². The molecule has 6 heteroatoms. The van der Waals surface area contributed by atoms with Gasteiger partial charge in [0.2, 0.25) is 0 Å². The molecule has 0 radical (unpaired) electrons. The zero-order valence-electron chi connectivity index (χ0n) is 13.1. The minimum absolute atomic E-state index is 0. The Morgan fingerprint density at radius 1 is 1.14 bits per heavy atom. The van der Waals surface area contributed by atoms with Crippen molar-refractivity contribution in [2.24, 2.45) is 4.99 Å². The molecule has 0 bridgehead atoms. The van der Waals surface area contributed by atoms with Crippen LogP contribution in [0.1, 0.15) is 24.8 Å². The second-order valence-corrected chi connectivity index (χ2v) is 6.30. The van der Waals surface area contributed by atoms with Crippen LogP contribution in [0.4, 0.5) is 0 Å². The van der Waals surface area contributed by atoms with E-state index in [4.69, 9.17) is 0 Å². The van der Waals surface area contributed by atoms with E-state index in [0.717, 1.165) is 30.1 Å². The SMILES string of the molecule is CN=C(NCCN1CCCCC1)NCc1ccc(Br)cc1.I. The highest BCUT2D eigenvalue weighted by molar-refractivity contribution is 14.0. The normalized spacial score (nSPS) is 16.0. The number of nitrogens with zero attached hydrogens (tertiary/aromatic N) is 2. The zero-order chi connectivity index (χ0) is 14.9. The van der Waals surface area contributed by atoms with Gasteiger partial charge in [-0.1, -0.05) is 34.5 Å². The van der Waals surface area contributed by atoms with Gasteiger partial charge in [-0.05, 0) is 43.6 Å². The molecule has 1 fully saturated rings. The average Bonchev–Trinajstić information content (AvgIpc) is 2.53. The van der Waals surface area contributed by atoms with Crippen molar-refractivity contribution in [2.45, 2.75) is 25.8 Å². The van der Waals surface area contributed by atoms with Crippen LogP contribution in [0.15, 0.2) is 33.7 Å². The molecule has 0 saturated carbocycles. The molecule has 124 valence electrons. The monoisotopic (exact) mass is 480 g/mol. The second-order valence-electron chi connectivity index (χ2n) is 5.38. The summed E-state index contributed by atoms with van der Waals surface area (Å²) in [4.78, 5) is 6.80. The molecule has 0 spiro atoms. The minimum atomic E-state index is 0.